The van der Waals surface area contributed by atoms with Gasteiger partial charge >= 0.3 is 6.03 Å². The highest BCUT2D eigenvalue weighted by Crippen LogP contribution is 2.39. The Labute approximate surface area is 152 Å². The number of nitrogens with one attached hydrogen (secondary N) is 1. The van der Waals surface area contributed by atoms with E-state index in [0.29, 0.717) is 49.7 Å². The number of carbonyl (C=O) groups excluding carboxylic acids is 1. The number of amides is 2. The van der Waals surface area contributed by atoms with Gasteiger partial charge in [-0.3, -0.25) is 0 Å². The molecule has 2 fully saturated rings. The van der Waals surface area contributed by atoms with Crippen LogP contribution in [0.15, 0.2) is 18.2 Å². The van der Waals surface area contributed by atoms with Gasteiger partial charge in [0, 0.05) is 30.2 Å². The highest BCUT2D eigenvalue weighted by molar-refractivity contribution is 6.31. The number of nitrogens with zero attached hydrogens (tertiary/aromatic N) is 1. The van der Waals surface area contributed by atoms with Crippen LogP contribution >= 0.6 is 11.6 Å². The van der Waals surface area contributed by atoms with Crippen molar-refractivity contribution >= 4 is 23.3 Å². The molecule has 3 rings (SSSR count). The maximum atomic E-state index is 12.5. The lowest BCUT2D eigenvalue weighted by molar-refractivity contribution is -0.244. The molecule has 2 heterocycles. The number of rotatable bonds is 1. The van der Waals surface area contributed by atoms with Crippen molar-refractivity contribution in [2.45, 2.75) is 50.4 Å². The summed E-state index contributed by atoms with van der Waals surface area (Å²) in [6.07, 6.45) is 0.447. The number of ether oxygens (including phenoxy) is 1. The van der Waals surface area contributed by atoms with Crippen molar-refractivity contribution in [3.8, 4) is 0 Å². The number of urea groups is 1. The van der Waals surface area contributed by atoms with Crippen molar-refractivity contribution in [1.82, 2.24) is 4.90 Å². The van der Waals surface area contributed by atoms with E-state index in [9.17, 15) is 15.0 Å². The van der Waals surface area contributed by atoms with Crippen molar-refractivity contribution in [3.63, 3.8) is 0 Å². The van der Waals surface area contributed by atoms with E-state index in [4.69, 9.17) is 16.3 Å². The fourth-order valence-corrected chi connectivity index (χ4v) is 3.80. The maximum Gasteiger partial charge on any atom is 0.321 e. The van der Waals surface area contributed by atoms with Crippen LogP contribution in [0.3, 0.4) is 0 Å². The van der Waals surface area contributed by atoms with Crippen molar-refractivity contribution < 1.29 is 19.7 Å². The number of hydrogen-bond acceptors (Lipinski definition) is 4. The Bertz CT molecular complexity index is 656. The minimum Gasteiger partial charge on any atom is -0.387 e. The summed E-state index contributed by atoms with van der Waals surface area (Å²) in [5, 5.41) is 24.3. The molecule has 0 saturated carbocycles. The average molecular weight is 369 g/mol. The average Bonchev–Trinajstić information content (AvgIpc) is 2.57. The zero-order valence-electron chi connectivity index (χ0n) is 14.6. The van der Waals surface area contributed by atoms with Gasteiger partial charge in [-0.15, -0.1) is 0 Å². The Hall–Kier alpha value is -1.34. The number of piperidine rings is 1. The van der Waals surface area contributed by atoms with Crippen molar-refractivity contribution in [1.29, 1.82) is 0 Å². The topological polar surface area (TPSA) is 82.0 Å². The molecule has 2 saturated heterocycles. The number of carbonyl (C=O) groups is 1. The number of hydrogen-bond donors (Lipinski definition) is 3. The Kier molecular flexibility index (Phi) is 4.99. The molecule has 2 aliphatic rings. The molecular formula is C18H25ClN2O4. The van der Waals surface area contributed by atoms with Crippen molar-refractivity contribution in [2.24, 2.45) is 0 Å². The fourth-order valence-electron chi connectivity index (χ4n) is 3.62. The standard InChI is InChI=1S/C18H25ClN2O4/c1-12-3-4-13(11-14(12)19)20-16(23)21-8-5-18(6-9-21)15(22)17(2,24)7-10-25-18/h3-4,11,15,22,24H,5-10H2,1-2H3,(H,20,23)/t15-,17+/m0/s1. The second kappa shape index (κ2) is 6.76. The molecule has 0 radical (unpaired) electrons. The third kappa shape index (κ3) is 3.62. The zero-order valence-corrected chi connectivity index (χ0v) is 15.3. The molecule has 138 valence electrons. The van der Waals surface area contributed by atoms with E-state index < -0.39 is 17.3 Å². The number of aryl methyl sites for hydroxylation is 1. The molecule has 2 aliphatic heterocycles. The van der Waals surface area contributed by atoms with Crippen LogP contribution in [0.5, 0.6) is 0 Å². The van der Waals surface area contributed by atoms with E-state index in [1.54, 1.807) is 17.9 Å². The number of aliphatic hydroxyl groups is 2. The first-order valence-electron chi connectivity index (χ1n) is 8.60. The Morgan fingerprint density at radius 1 is 1.36 bits per heavy atom. The summed E-state index contributed by atoms with van der Waals surface area (Å²) in [7, 11) is 0. The fraction of sp³-hybridized carbons (Fsp3) is 0.611. The van der Waals surface area contributed by atoms with Crippen LogP contribution in [0.25, 0.3) is 0 Å². The minimum atomic E-state index is -1.15. The normalized spacial score (nSPS) is 28.8. The first kappa shape index (κ1) is 18.5. The maximum absolute atomic E-state index is 12.5. The molecule has 1 spiro atoms. The van der Waals surface area contributed by atoms with Crippen molar-refractivity contribution in [2.75, 3.05) is 25.0 Å². The highest BCUT2D eigenvalue weighted by atomic mass is 35.5. The number of likely N-dealkylation sites (tertiary alicyclic amines) is 1. The van der Waals surface area contributed by atoms with Crippen molar-refractivity contribution in [3.05, 3.63) is 28.8 Å². The largest absolute Gasteiger partial charge is 0.387 e. The predicted molar refractivity (Wildman–Crippen MR) is 95.9 cm³/mol. The molecule has 0 bridgehead atoms. The summed E-state index contributed by atoms with van der Waals surface area (Å²) < 4.78 is 5.84. The van der Waals surface area contributed by atoms with E-state index >= 15 is 0 Å². The summed E-state index contributed by atoms with van der Waals surface area (Å²) in [6.45, 7) is 4.87. The van der Waals surface area contributed by atoms with Gasteiger partial charge in [-0.05, 0) is 44.4 Å². The van der Waals surface area contributed by atoms with E-state index in [1.165, 1.54) is 0 Å². The lowest BCUT2D eigenvalue weighted by Crippen LogP contribution is -2.64. The first-order valence-corrected chi connectivity index (χ1v) is 8.98. The molecule has 2 amide bonds. The van der Waals surface area contributed by atoms with E-state index in [0.717, 1.165) is 5.56 Å². The molecule has 6 nitrogen and oxygen atoms in total. The molecule has 1 aromatic rings. The van der Waals surface area contributed by atoms with Gasteiger partial charge in [0.25, 0.3) is 0 Å². The minimum absolute atomic E-state index is 0.202. The zero-order chi connectivity index (χ0) is 18.2. The number of anilines is 1. The monoisotopic (exact) mass is 368 g/mol. The summed E-state index contributed by atoms with van der Waals surface area (Å²) in [5.74, 6) is 0. The summed E-state index contributed by atoms with van der Waals surface area (Å²) >= 11 is 6.09. The third-order valence-corrected chi connectivity index (χ3v) is 5.81. The van der Waals surface area contributed by atoms with Gasteiger partial charge < -0.3 is 25.2 Å². The molecule has 25 heavy (non-hydrogen) atoms. The summed E-state index contributed by atoms with van der Waals surface area (Å²) in [4.78, 5) is 14.2. The third-order valence-electron chi connectivity index (χ3n) is 5.41. The number of benzene rings is 1. The van der Waals surface area contributed by atoms with Gasteiger partial charge in [-0.25, -0.2) is 4.79 Å². The van der Waals surface area contributed by atoms with Crippen LogP contribution in [-0.4, -0.2) is 58.1 Å². The molecule has 0 unspecified atom stereocenters. The van der Waals surface area contributed by atoms with Gasteiger partial charge in [0.2, 0.25) is 0 Å². The van der Waals surface area contributed by atoms with Crippen LogP contribution in [0.4, 0.5) is 10.5 Å². The Morgan fingerprint density at radius 2 is 2.04 bits per heavy atom. The van der Waals surface area contributed by atoms with Gasteiger partial charge in [-0.2, -0.15) is 0 Å². The molecule has 0 aromatic heterocycles. The Morgan fingerprint density at radius 3 is 2.68 bits per heavy atom. The second-order valence-electron chi connectivity index (χ2n) is 7.30. The molecule has 0 aliphatic carbocycles. The van der Waals surface area contributed by atoms with Gasteiger partial charge in [0.15, 0.2) is 0 Å². The molecular weight excluding hydrogens is 344 g/mol. The van der Waals surface area contributed by atoms with Crippen LogP contribution in [0.1, 0.15) is 31.7 Å². The molecule has 7 heteroatoms. The number of aliphatic hydroxyl groups excluding tert-OH is 1. The molecule has 2 atom stereocenters. The lowest BCUT2D eigenvalue weighted by atomic mass is 9.75. The van der Waals surface area contributed by atoms with E-state index in [1.807, 2.05) is 19.1 Å². The van der Waals surface area contributed by atoms with Gasteiger partial charge in [0.05, 0.1) is 12.2 Å². The molecule has 3 N–H and O–H groups in total. The van der Waals surface area contributed by atoms with Crippen LogP contribution in [-0.2, 0) is 4.74 Å². The highest BCUT2D eigenvalue weighted by Gasteiger charge is 2.52. The van der Waals surface area contributed by atoms with Crippen LogP contribution < -0.4 is 5.32 Å². The Balaban J connectivity index is 1.62. The second-order valence-corrected chi connectivity index (χ2v) is 7.71. The predicted octanol–water partition coefficient (Wildman–Crippen LogP) is 2.55. The van der Waals surface area contributed by atoms with E-state index in [2.05, 4.69) is 5.32 Å². The number of halogens is 1. The van der Waals surface area contributed by atoms with Gasteiger partial charge in [0.1, 0.15) is 11.7 Å². The SMILES string of the molecule is Cc1ccc(NC(=O)N2CCC3(CC2)OCC[C@@](C)(O)[C@@H]3O)cc1Cl. The van der Waals surface area contributed by atoms with Crippen LogP contribution in [0, 0.1) is 6.92 Å². The summed E-state index contributed by atoms with van der Waals surface area (Å²) in [6, 6.07) is 5.20. The molecule has 1 aromatic carbocycles. The lowest BCUT2D eigenvalue weighted by Gasteiger charge is -2.51. The smallest absolute Gasteiger partial charge is 0.321 e. The quantitative estimate of drug-likeness (QED) is 0.711. The van der Waals surface area contributed by atoms with Crippen LogP contribution in [0.2, 0.25) is 5.02 Å². The van der Waals surface area contributed by atoms with E-state index in [-0.39, 0.29) is 6.03 Å². The first-order chi connectivity index (χ1) is 11.7. The van der Waals surface area contributed by atoms with Gasteiger partial charge in [-0.1, -0.05) is 17.7 Å². The summed E-state index contributed by atoms with van der Waals surface area (Å²) in [5.41, 5.74) is -0.319.